The number of nitrogen functional groups attached to an aromatic ring is 1. The Morgan fingerprint density at radius 3 is 2.05 bits per heavy atom. The molecule has 0 saturated heterocycles. The maximum Gasteiger partial charge on any atom is 0.280 e. The fraction of sp³-hybridized carbons (Fsp3) is 0.613. The highest BCUT2D eigenvalue weighted by Gasteiger charge is 2.20. The zero-order valence-corrected chi connectivity index (χ0v) is 23.4. The molecule has 1 radical (unpaired) electrons. The van der Waals surface area contributed by atoms with Crippen molar-refractivity contribution >= 4 is 17.1 Å². The molecule has 0 aliphatic carbocycles. The van der Waals surface area contributed by atoms with E-state index in [1.54, 1.807) is 6.33 Å². The molecule has 3 N–H and O–H groups in total. The fourth-order valence-corrected chi connectivity index (χ4v) is 5.00. The van der Waals surface area contributed by atoms with E-state index in [0.717, 1.165) is 37.5 Å². The van der Waals surface area contributed by atoms with E-state index in [1.807, 2.05) is 22.8 Å². The number of nitrogens with two attached hydrogens (primary N) is 1. The SMILES string of the molecule is CCCCCCCCCCCCCCCCOCCC[C](c1ccccc1)n1cnc2c(=O)[nH]c(N)nc21. The van der Waals surface area contributed by atoms with Gasteiger partial charge in [0, 0.05) is 13.2 Å². The van der Waals surface area contributed by atoms with Crippen LogP contribution in [0.25, 0.3) is 11.2 Å². The molecule has 0 saturated carbocycles. The van der Waals surface area contributed by atoms with Crippen molar-refractivity contribution in [2.75, 3.05) is 18.9 Å². The standard InChI is InChI=1S/C31H48N5O2/c1-2-3-4-5-6-7-8-9-10-11-12-13-14-18-23-38-24-19-22-27(26-20-16-15-17-21-26)36-25-33-28-29(36)34-31(32)35-30(28)37/h15-17,20-21,25H,2-14,18-19,22-24H2,1H3,(H3,32,34,35,37). The number of anilines is 1. The molecule has 1 aromatic carbocycles. The van der Waals surface area contributed by atoms with Gasteiger partial charge in [0.1, 0.15) is 6.04 Å². The van der Waals surface area contributed by atoms with Crippen molar-refractivity contribution in [3.63, 3.8) is 0 Å². The van der Waals surface area contributed by atoms with Crippen LogP contribution in [-0.2, 0) is 4.74 Å². The molecule has 3 rings (SSSR count). The van der Waals surface area contributed by atoms with Gasteiger partial charge < -0.3 is 15.0 Å². The maximum absolute atomic E-state index is 12.2. The Bertz CT molecular complexity index is 1080. The van der Waals surface area contributed by atoms with E-state index in [0.29, 0.717) is 17.8 Å². The summed E-state index contributed by atoms with van der Waals surface area (Å²) in [7, 11) is 0. The topological polar surface area (TPSA) is 98.8 Å². The number of aromatic amines is 1. The molecule has 0 spiro atoms. The summed E-state index contributed by atoms with van der Waals surface area (Å²) >= 11 is 0. The van der Waals surface area contributed by atoms with Crippen molar-refractivity contribution in [3.05, 3.63) is 58.6 Å². The first kappa shape index (κ1) is 29.9. The van der Waals surface area contributed by atoms with Gasteiger partial charge in [-0.3, -0.25) is 9.78 Å². The molecule has 0 aliphatic rings. The van der Waals surface area contributed by atoms with Gasteiger partial charge in [-0.2, -0.15) is 4.98 Å². The summed E-state index contributed by atoms with van der Waals surface area (Å²) in [6.07, 6.45) is 22.4. The molecule has 0 atom stereocenters. The minimum absolute atomic E-state index is 0.0909. The summed E-state index contributed by atoms with van der Waals surface area (Å²) < 4.78 is 7.82. The normalized spacial score (nSPS) is 11.6. The Kier molecular flexibility index (Phi) is 14.0. The predicted octanol–water partition coefficient (Wildman–Crippen LogP) is 7.41. The summed E-state index contributed by atoms with van der Waals surface area (Å²) in [5, 5.41) is 0. The number of hydrogen-bond donors (Lipinski definition) is 2. The highest BCUT2D eigenvalue weighted by atomic mass is 16.5. The van der Waals surface area contributed by atoms with E-state index in [4.69, 9.17) is 10.5 Å². The predicted molar refractivity (Wildman–Crippen MR) is 157 cm³/mol. The van der Waals surface area contributed by atoms with E-state index in [2.05, 4.69) is 34.0 Å². The number of rotatable bonds is 21. The van der Waals surface area contributed by atoms with Crippen molar-refractivity contribution in [3.8, 4) is 0 Å². The van der Waals surface area contributed by atoms with Crippen molar-refractivity contribution in [2.24, 2.45) is 0 Å². The minimum Gasteiger partial charge on any atom is -0.381 e. The van der Waals surface area contributed by atoms with E-state index in [-0.39, 0.29) is 11.5 Å². The van der Waals surface area contributed by atoms with E-state index < -0.39 is 0 Å². The van der Waals surface area contributed by atoms with Gasteiger partial charge >= 0.3 is 0 Å². The second kappa shape index (κ2) is 17.8. The number of imidazole rings is 1. The lowest BCUT2D eigenvalue weighted by Crippen LogP contribution is -2.16. The summed E-state index contributed by atoms with van der Waals surface area (Å²) in [5.41, 5.74) is 7.32. The number of ether oxygens (including phenoxy) is 1. The number of aromatic nitrogens is 4. The van der Waals surface area contributed by atoms with Gasteiger partial charge in [0.2, 0.25) is 5.95 Å². The van der Waals surface area contributed by atoms with E-state index >= 15 is 0 Å². The van der Waals surface area contributed by atoms with Crippen LogP contribution in [0, 0.1) is 6.04 Å². The first-order valence-electron chi connectivity index (χ1n) is 14.9. The van der Waals surface area contributed by atoms with Gasteiger partial charge in [0.25, 0.3) is 5.56 Å². The fourth-order valence-electron chi connectivity index (χ4n) is 5.00. The van der Waals surface area contributed by atoms with Crippen molar-refractivity contribution in [1.29, 1.82) is 0 Å². The Morgan fingerprint density at radius 1 is 0.842 bits per heavy atom. The van der Waals surface area contributed by atoms with Crippen molar-refractivity contribution in [1.82, 2.24) is 19.5 Å². The third-order valence-electron chi connectivity index (χ3n) is 7.17. The highest BCUT2D eigenvalue weighted by Crippen LogP contribution is 2.25. The molecule has 0 unspecified atom stereocenters. The van der Waals surface area contributed by atoms with E-state index in [9.17, 15) is 4.79 Å². The largest absolute Gasteiger partial charge is 0.381 e. The molecule has 0 fully saturated rings. The molecule has 0 aliphatic heterocycles. The van der Waals surface area contributed by atoms with Crippen LogP contribution in [0.1, 0.15) is 115 Å². The van der Waals surface area contributed by atoms with Crippen LogP contribution in [-0.4, -0.2) is 32.7 Å². The number of nitrogens with zero attached hydrogens (tertiary/aromatic N) is 3. The molecule has 0 bridgehead atoms. The average molecular weight is 523 g/mol. The molecular formula is C31H48N5O2. The van der Waals surface area contributed by atoms with Gasteiger partial charge in [-0.15, -0.1) is 0 Å². The first-order valence-corrected chi connectivity index (χ1v) is 14.9. The monoisotopic (exact) mass is 522 g/mol. The zero-order valence-electron chi connectivity index (χ0n) is 23.4. The van der Waals surface area contributed by atoms with Crippen LogP contribution in [0.2, 0.25) is 0 Å². The number of nitrogens with one attached hydrogen (secondary N) is 1. The first-order chi connectivity index (χ1) is 18.7. The quantitative estimate of drug-likeness (QED) is 0.142. The molecule has 7 heteroatoms. The molecule has 209 valence electrons. The van der Waals surface area contributed by atoms with Crippen LogP contribution < -0.4 is 11.3 Å². The smallest absolute Gasteiger partial charge is 0.280 e. The third-order valence-corrected chi connectivity index (χ3v) is 7.17. The Morgan fingerprint density at radius 2 is 1.42 bits per heavy atom. The van der Waals surface area contributed by atoms with Gasteiger partial charge in [0.05, 0.1) is 6.33 Å². The van der Waals surface area contributed by atoms with Crippen molar-refractivity contribution in [2.45, 2.75) is 110 Å². The molecule has 38 heavy (non-hydrogen) atoms. The van der Waals surface area contributed by atoms with Crippen molar-refractivity contribution < 1.29 is 4.74 Å². The lowest BCUT2D eigenvalue weighted by molar-refractivity contribution is 0.126. The summed E-state index contributed by atoms with van der Waals surface area (Å²) in [4.78, 5) is 23.4. The van der Waals surface area contributed by atoms with Crippen LogP contribution in [0.15, 0.2) is 41.5 Å². The summed E-state index contributed by atoms with van der Waals surface area (Å²) in [6.45, 7) is 3.81. The Hall–Kier alpha value is -2.67. The van der Waals surface area contributed by atoms with E-state index in [1.165, 1.54) is 83.5 Å². The highest BCUT2D eigenvalue weighted by molar-refractivity contribution is 5.71. The lowest BCUT2D eigenvalue weighted by atomic mass is 10.0. The van der Waals surface area contributed by atoms with Gasteiger partial charge in [-0.1, -0.05) is 121 Å². The minimum atomic E-state index is -0.324. The second-order valence-corrected chi connectivity index (χ2v) is 10.4. The van der Waals surface area contributed by atoms with Gasteiger partial charge in [-0.25, -0.2) is 4.98 Å². The number of hydrogen-bond acceptors (Lipinski definition) is 5. The summed E-state index contributed by atoms with van der Waals surface area (Å²) in [6, 6.07) is 11.2. The molecule has 2 heterocycles. The van der Waals surface area contributed by atoms with Gasteiger partial charge in [0.15, 0.2) is 11.2 Å². The van der Waals surface area contributed by atoms with Crippen LogP contribution in [0.3, 0.4) is 0 Å². The zero-order chi connectivity index (χ0) is 26.8. The lowest BCUT2D eigenvalue weighted by Gasteiger charge is -2.18. The van der Waals surface area contributed by atoms with Gasteiger partial charge in [-0.05, 0) is 24.8 Å². The number of fused-ring (bicyclic) bond motifs is 1. The van der Waals surface area contributed by atoms with Crippen LogP contribution in [0.4, 0.5) is 5.95 Å². The molecule has 0 amide bonds. The molecule has 3 aromatic rings. The van der Waals surface area contributed by atoms with Crippen LogP contribution in [0.5, 0.6) is 0 Å². The number of benzene rings is 1. The Balaban J connectivity index is 1.28. The second-order valence-electron chi connectivity index (χ2n) is 10.4. The summed E-state index contributed by atoms with van der Waals surface area (Å²) in [5.74, 6) is 0.0909. The number of H-pyrrole nitrogens is 1. The maximum atomic E-state index is 12.2. The molecule has 2 aromatic heterocycles. The number of unbranched alkanes of at least 4 members (excludes halogenated alkanes) is 13. The Labute approximate surface area is 228 Å². The molecular weight excluding hydrogens is 474 g/mol. The van der Waals surface area contributed by atoms with Crippen LogP contribution >= 0.6 is 0 Å². The molecule has 7 nitrogen and oxygen atoms in total. The average Bonchev–Trinajstić information content (AvgIpc) is 3.34. The third kappa shape index (κ3) is 10.2.